The molecule has 222 valence electrons. The number of piperazine rings is 1. The largest absolute Gasteiger partial charge is 0.375 e. The Balaban J connectivity index is 1.25. The number of carbonyl (C=O) groups excluding carboxylic acids is 2. The van der Waals surface area contributed by atoms with E-state index in [1.807, 2.05) is 18.2 Å². The molecule has 5 atom stereocenters. The highest BCUT2D eigenvalue weighted by atomic mass is 35.5. The second-order valence-electron chi connectivity index (χ2n) is 11.9. The number of hydrogen-bond acceptors (Lipinski definition) is 5. The summed E-state index contributed by atoms with van der Waals surface area (Å²) in [6, 6.07) is 8.03. The van der Waals surface area contributed by atoms with Crippen molar-refractivity contribution >= 4 is 29.1 Å². The second-order valence-corrected chi connectivity index (χ2v) is 12.3. The molecule has 1 saturated carbocycles. The molecule has 1 heterocycles. The molecule has 4 rings (SSSR count). The fraction of sp³-hybridized carbons (Fsp3) is 0.688. The third-order valence-corrected chi connectivity index (χ3v) is 9.19. The molecule has 0 spiro atoms. The van der Waals surface area contributed by atoms with Crippen LogP contribution in [0.25, 0.3) is 0 Å². The fourth-order valence-electron chi connectivity index (χ4n) is 6.71. The third kappa shape index (κ3) is 8.70. The Bertz CT molecular complexity index is 981. The Hall–Kier alpha value is -2.09. The molecule has 1 saturated heterocycles. The smallest absolute Gasteiger partial charge is 0.224 e. The van der Waals surface area contributed by atoms with E-state index in [1.165, 1.54) is 44.9 Å². The summed E-state index contributed by atoms with van der Waals surface area (Å²) in [7, 11) is 0. The lowest BCUT2D eigenvalue weighted by molar-refractivity contribution is -0.134. The minimum Gasteiger partial charge on any atom is -0.375 e. The summed E-state index contributed by atoms with van der Waals surface area (Å²) in [6.07, 6.45) is 15.0. The van der Waals surface area contributed by atoms with Crippen molar-refractivity contribution in [3.05, 3.63) is 41.4 Å². The quantitative estimate of drug-likeness (QED) is 0.202. The van der Waals surface area contributed by atoms with Crippen molar-refractivity contribution in [2.24, 2.45) is 29.4 Å². The molecule has 40 heavy (non-hydrogen) atoms. The van der Waals surface area contributed by atoms with Crippen molar-refractivity contribution in [2.45, 2.75) is 70.8 Å². The van der Waals surface area contributed by atoms with Crippen LogP contribution in [0.1, 0.15) is 64.7 Å². The van der Waals surface area contributed by atoms with E-state index in [-0.39, 0.29) is 35.7 Å². The van der Waals surface area contributed by atoms with E-state index in [4.69, 9.17) is 22.1 Å². The van der Waals surface area contributed by atoms with Gasteiger partial charge in [0.1, 0.15) is 0 Å². The number of unbranched alkanes of at least 4 members (excludes halogenated alkanes) is 7. The lowest BCUT2D eigenvalue weighted by atomic mass is 9.82. The second kappa shape index (κ2) is 15.8. The van der Waals surface area contributed by atoms with Gasteiger partial charge in [-0.3, -0.25) is 14.5 Å². The Morgan fingerprint density at radius 3 is 2.35 bits per heavy atom. The molecule has 7 nitrogen and oxygen atoms in total. The maximum Gasteiger partial charge on any atom is 0.224 e. The zero-order chi connectivity index (χ0) is 28.3. The van der Waals surface area contributed by atoms with Crippen molar-refractivity contribution in [2.75, 3.05) is 50.8 Å². The highest BCUT2D eigenvalue weighted by molar-refractivity contribution is 6.30. The molecule has 1 aromatic carbocycles. The molecule has 5 unspecified atom stereocenters. The van der Waals surface area contributed by atoms with Crippen LogP contribution in [0.2, 0.25) is 5.02 Å². The number of fused-ring (bicyclic) bond motifs is 2. The average Bonchev–Trinajstić information content (AvgIpc) is 3.57. The van der Waals surface area contributed by atoms with E-state index in [0.29, 0.717) is 13.2 Å². The first-order valence-electron chi connectivity index (χ1n) is 15.6. The van der Waals surface area contributed by atoms with E-state index >= 15 is 0 Å². The molecule has 2 amide bonds. The molecule has 1 aromatic rings. The Labute approximate surface area is 245 Å². The number of nitrogens with zero attached hydrogens (tertiary/aromatic N) is 2. The highest BCUT2D eigenvalue weighted by Gasteiger charge is 2.50. The van der Waals surface area contributed by atoms with Gasteiger partial charge in [0.2, 0.25) is 11.8 Å². The monoisotopic (exact) mass is 572 g/mol. The van der Waals surface area contributed by atoms with Gasteiger partial charge < -0.3 is 20.7 Å². The Kier molecular flexibility index (Phi) is 12.2. The number of nitrogens with two attached hydrogens (primary N) is 1. The van der Waals surface area contributed by atoms with E-state index in [1.54, 1.807) is 0 Å². The SMILES string of the molecule is CCCCCCCCCCOC(CNC(=O)C1C2C=CC(C2)C1C(N)=O)CN1CCN(c2cccc(Cl)c2)CC1. The number of carbonyl (C=O) groups is 2. The average molecular weight is 573 g/mol. The van der Waals surface area contributed by atoms with E-state index in [9.17, 15) is 9.59 Å². The van der Waals surface area contributed by atoms with Gasteiger partial charge in [0.15, 0.2) is 0 Å². The van der Waals surface area contributed by atoms with Crippen molar-refractivity contribution in [1.82, 2.24) is 10.2 Å². The van der Waals surface area contributed by atoms with Gasteiger partial charge in [0.05, 0.1) is 17.9 Å². The first-order valence-corrected chi connectivity index (χ1v) is 15.9. The Morgan fingerprint density at radius 1 is 1.00 bits per heavy atom. The molecular formula is C32H49ClN4O3. The maximum atomic E-state index is 13.3. The van der Waals surface area contributed by atoms with Crippen LogP contribution < -0.4 is 16.0 Å². The van der Waals surface area contributed by atoms with Crippen LogP contribution in [0.15, 0.2) is 36.4 Å². The molecule has 1 aliphatic heterocycles. The zero-order valence-electron chi connectivity index (χ0n) is 24.2. The summed E-state index contributed by atoms with van der Waals surface area (Å²) in [6.45, 7) is 7.89. The number of benzene rings is 1. The predicted molar refractivity (Wildman–Crippen MR) is 162 cm³/mol. The van der Waals surface area contributed by atoms with Crippen molar-refractivity contribution in [3.8, 4) is 0 Å². The normalized spacial score (nSPS) is 24.9. The topological polar surface area (TPSA) is 87.9 Å². The van der Waals surface area contributed by atoms with E-state index in [2.05, 4.69) is 40.3 Å². The standard InChI is InChI=1S/C32H49ClN4O3/c1-2-3-4-5-6-7-8-9-19-40-28(22-35-32(39)30-25-14-13-24(20-25)29(30)31(34)38)23-36-15-17-37(18-16-36)27-12-10-11-26(33)21-27/h10-14,21,24-25,28-30H,2-9,15-20,22-23H2,1H3,(H2,34,38)(H,35,39). The fourth-order valence-corrected chi connectivity index (χ4v) is 6.90. The molecular weight excluding hydrogens is 524 g/mol. The number of allylic oxidation sites excluding steroid dienone is 2. The van der Waals surface area contributed by atoms with E-state index in [0.717, 1.165) is 56.3 Å². The van der Waals surface area contributed by atoms with Crippen LogP contribution in [-0.2, 0) is 14.3 Å². The first kappa shape index (κ1) is 30.9. The number of amides is 2. The number of halogens is 1. The Morgan fingerprint density at radius 2 is 1.68 bits per heavy atom. The minimum atomic E-state index is -0.397. The zero-order valence-corrected chi connectivity index (χ0v) is 25.0. The molecule has 8 heteroatoms. The van der Waals surface area contributed by atoms with Crippen LogP contribution in [0.3, 0.4) is 0 Å². The molecule has 0 aromatic heterocycles. The van der Waals surface area contributed by atoms with Crippen LogP contribution in [0.4, 0.5) is 5.69 Å². The highest BCUT2D eigenvalue weighted by Crippen LogP contribution is 2.47. The minimum absolute atomic E-state index is 0.0629. The number of anilines is 1. The van der Waals surface area contributed by atoms with E-state index < -0.39 is 5.92 Å². The summed E-state index contributed by atoms with van der Waals surface area (Å²) < 4.78 is 6.37. The van der Waals surface area contributed by atoms with Crippen molar-refractivity contribution in [1.29, 1.82) is 0 Å². The number of rotatable bonds is 17. The van der Waals surface area contributed by atoms with Crippen molar-refractivity contribution < 1.29 is 14.3 Å². The van der Waals surface area contributed by atoms with Gasteiger partial charge in [0.25, 0.3) is 0 Å². The number of ether oxygens (including phenoxy) is 1. The van der Waals surface area contributed by atoms with Gasteiger partial charge in [-0.25, -0.2) is 0 Å². The van der Waals surface area contributed by atoms with Gasteiger partial charge in [-0.15, -0.1) is 0 Å². The summed E-state index contributed by atoms with van der Waals surface area (Å²) >= 11 is 6.21. The first-order chi connectivity index (χ1) is 19.5. The summed E-state index contributed by atoms with van der Waals surface area (Å²) in [5.41, 5.74) is 6.86. The van der Waals surface area contributed by atoms with Gasteiger partial charge in [-0.1, -0.05) is 81.7 Å². The van der Waals surface area contributed by atoms with Crippen LogP contribution in [0, 0.1) is 23.7 Å². The van der Waals surface area contributed by atoms with Gasteiger partial charge in [-0.05, 0) is 42.9 Å². The molecule has 3 aliphatic rings. The molecule has 2 fully saturated rings. The maximum absolute atomic E-state index is 13.3. The number of hydrogen-bond donors (Lipinski definition) is 2. The predicted octanol–water partition coefficient (Wildman–Crippen LogP) is 5.03. The lowest BCUT2D eigenvalue weighted by Crippen LogP contribution is -2.51. The summed E-state index contributed by atoms with van der Waals surface area (Å²) in [5, 5.41) is 3.91. The van der Waals surface area contributed by atoms with Crippen molar-refractivity contribution in [3.63, 3.8) is 0 Å². The summed E-state index contributed by atoms with van der Waals surface area (Å²) in [5.74, 6) is -0.973. The third-order valence-electron chi connectivity index (χ3n) is 8.95. The molecule has 2 bridgehead atoms. The summed E-state index contributed by atoms with van der Waals surface area (Å²) in [4.78, 5) is 30.2. The van der Waals surface area contributed by atoms with Crippen LogP contribution in [-0.4, -0.2) is 68.7 Å². The van der Waals surface area contributed by atoms with Gasteiger partial charge in [0, 0.05) is 56.6 Å². The number of nitrogens with one attached hydrogen (secondary N) is 1. The van der Waals surface area contributed by atoms with Crippen LogP contribution >= 0.6 is 11.6 Å². The lowest BCUT2D eigenvalue weighted by Gasteiger charge is -2.37. The molecule has 0 radical (unpaired) electrons. The molecule has 3 N–H and O–H groups in total. The van der Waals surface area contributed by atoms with Gasteiger partial charge >= 0.3 is 0 Å². The molecule has 2 aliphatic carbocycles. The van der Waals surface area contributed by atoms with Gasteiger partial charge in [-0.2, -0.15) is 0 Å². The van der Waals surface area contributed by atoms with Crippen LogP contribution in [0.5, 0.6) is 0 Å². The number of primary amides is 1.